The Hall–Kier alpha value is -2.52. The van der Waals surface area contributed by atoms with Crippen molar-refractivity contribution in [2.75, 3.05) is 39.8 Å². The van der Waals surface area contributed by atoms with E-state index in [9.17, 15) is 4.79 Å². The van der Waals surface area contributed by atoms with Gasteiger partial charge in [-0.15, -0.1) is 22.7 Å². The highest BCUT2D eigenvalue weighted by molar-refractivity contribution is 7.21. The minimum atomic E-state index is -0.122. The van der Waals surface area contributed by atoms with Gasteiger partial charge in [0.15, 0.2) is 6.61 Å². The number of aryl methyl sites for hydroxylation is 1. The van der Waals surface area contributed by atoms with Crippen molar-refractivity contribution in [1.29, 1.82) is 0 Å². The van der Waals surface area contributed by atoms with Crippen LogP contribution < -0.4 is 10.1 Å². The maximum Gasteiger partial charge on any atom is 0.258 e. The second kappa shape index (κ2) is 9.77. The number of fused-ring (bicyclic) bond motifs is 3. The zero-order chi connectivity index (χ0) is 22.8. The first-order chi connectivity index (χ1) is 16.0. The van der Waals surface area contributed by atoms with Crippen LogP contribution in [-0.4, -0.2) is 60.5 Å². The van der Waals surface area contributed by atoms with Gasteiger partial charge < -0.3 is 15.0 Å². The number of benzene rings is 2. The maximum atomic E-state index is 12.5. The summed E-state index contributed by atoms with van der Waals surface area (Å²) in [6, 6.07) is 12.5. The number of hydrogen-bond donors (Lipinski definition) is 1. The van der Waals surface area contributed by atoms with Gasteiger partial charge in [0.25, 0.3) is 5.91 Å². The predicted octanol–water partition coefficient (Wildman–Crippen LogP) is 4.26. The van der Waals surface area contributed by atoms with Crippen molar-refractivity contribution in [3.8, 4) is 5.75 Å². The molecule has 0 bridgehead atoms. The van der Waals surface area contributed by atoms with E-state index in [2.05, 4.69) is 51.4 Å². The van der Waals surface area contributed by atoms with Gasteiger partial charge in [-0.3, -0.25) is 9.69 Å². The molecule has 0 aliphatic carbocycles. The average Bonchev–Trinajstić information content (AvgIpc) is 3.44. The van der Waals surface area contributed by atoms with E-state index < -0.39 is 0 Å². The lowest BCUT2D eigenvalue weighted by molar-refractivity contribution is -0.123. The summed E-state index contributed by atoms with van der Waals surface area (Å²) in [5.41, 5.74) is 3.42. The number of thiophene rings is 1. The number of aromatic nitrogens is 1. The number of ether oxygens (including phenoxy) is 1. The van der Waals surface area contributed by atoms with Crippen LogP contribution in [0.5, 0.6) is 5.75 Å². The zero-order valence-electron chi connectivity index (χ0n) is 19.0. The number of likely N-dealkylation sites (N-methyl/N-ethyl adjacent to an activating group) is 1. The number of rotatable bonds is 7. The summed E-state index contributed by atoms with van der Waals surface area (Å²) >= 11 is 3.31. The molecule has 33 heavy (non-hydrogen) atoms. The fourth-order valence-corrected chi connectivity index (χ4v) is 6.04. The van der Waals surface area contributed by atoms with Gasteiger partial charge in [-0.05, 0) is 36.5 Å². The molecule has 0 unspecified atom stereocenters. The molecule has 0 saturated carbocycles. The first-order valence-electron chi connectivity index (χ1n) is 11.2. The van der Waals surface area contributed by atoms with Crippen molar-refractivity contribution in [2.24, 2.45) is 0 Å². The molecule has 0 radical (unpaired) electrons. The van der Waals surface area contributed by atoms with Gasteiger partial charge in [0, 0.05) is 50.7 Å². The van der Waals surface area contributed by atoms with Crippen molar-refractivity contribution in [2.45, 2.75) is 20.0 Å². The van der Waals surface area contributed by atoms with Crippen LogP contribution in [0.15, 0.2) is 41.8 Å². The Labute approximate surface area is 201 Å². The van der Waals surface area contributed by atoms with Crippen LogP contribution in [0.1, 0.15) is 16.1 Å². The van der Waals surface area contributed by atoms with E-state index in [1.807, 2.05) is 24.4 Å². The molecule has 2 aromatic heterocycles. The van der Waals surface area contributed by atoms with Crippen molar-refractivity contribution < 1.29 is 9.53 Å². The molecule has 1 amide bonds. The minimum Gasteiger partial charge on any atom is -0.483 e. The van der Waals surface area contributed by atoms with Gasteiger partial charge in [-0.1, -0.05) is 24.3 Å². The van der Waals surface area contributed by atoms with Crippen LogP contribution in [-0.2, 0) is 17.9 Å². The summed E-state index contributed by atoms with van der Waals surface area (Å²) in [4.78, 5) is 22.0. The third-order valence-electron chi connectivity index (χ3n) is 6.01. The highest BCUT2D eigenvalue weighted by Gasteiger charge is 2.15. The molecule has 1 aliphatic rings. The summed E-state index contributed by atoms with van der Waals surface area (Å²) in [6.45, 7) is 7.88. The first-order valence-corrected chi connectivity index (χ1v) is 12.9. The number of hydrogen-bond acceptors (Lipinski definition) is 7. The van der Waals surface area contributed by atoms with Crippen molar-refractivity contribution in [1.82, 2.24) is 20.1 Å². The lowest BCUT2D eigenvalue weighted by Gasteiger charge is -2.32. The highest BCUT2D eigenvalue weighted by Crippen LogP contribution is 2.38. The van der Waals surface area contributed by atoms with Gasteiger partial charge in [-0.2, -0.15) is 0 Å². The number of piperazine rings is 1. The summed E-state index contributed by atoms with van der Waals surface area (Å²) < 4.78 is 8.15. The molecule has 4 aromatic rings. The number of carbonyl (C=O) groups is 1. The molecule has 1 fully saturated rings. The highest BCUT2D eigenvalue weighted by atomic mass is 32.1. The molecule has 172 valence electrons. The fourth-order valence-electron chi connectivity index (χ4n) is 4.20. The number of nitrogens with zero attached hydrogens (tertiary/aromatic N) is 3. The normalized spacial score (nSPS) is 15.3. The Morgan fingerprint density at radius 2 is 1.97 bits per heavy atom. The van der Waals surface area contributed by atoms with E-state index in [4.69, 9.17) is 4.74 Å². The molecule has 1 N–H and O–H groups in total. The Morgan fingerprint density at radius 3 is 2.82 bits per heavy atom. The maximum absolute atomic E-state index is 12.5. The molecular weight excluding hydrogens is 452 g/mol. The van der Waals surface area contributed by atoms with Crippen molar-refractivity contribution in [3.63, 3.8) is 0 Å². The first kappa shape index (κ1) is 22.3. The van der Waals surface area contributed by atoms with E-state index in [0.717, 1.165) is 69.3 Å². The minimum absolute atomic E-state index is 0.00474. The van der Waals surface area contributed by atoms with Gasteiger partial charge >= 0.3 is 0 Å². The molecule has 0 spiro atoms. The predicted molar refractivity (Wildman–Crippen MR) is 136 cm³/mol. The topological polar surface area (TPSA) is 57.7 Å². The van der Waals surface area contributed by atoms with Gasteiger partial charge in [0.2, 0.25) is 0 Å². The molecular formula is C25H28N4O2S2. The zero-order valence-corrected chi connectivity index (χ0v) is 20.6. The van der Waals surface area contributed by atoms with Crippen LogP contribution in [0.3, 0.4) is 0 Å². The standard InChI is InChI=1S/C25H28N4O2S2/c1-17-27-24-22(33-17)13-21(20-6-11-32-25(20)24)31-16-23(30)26-14-18-4-3-5-19(12-18)15-29-9-7-28(2)8-10-29/h3-6,11-13H,7-10,14-16H2,1-2H3,(H,26,30). The third-order valence-corrected chi connectivity index (χ3v) is 7.85. The van der Waals surface area contributed by atoms with Gasteiger partial charge in [-0.25, -0.2) is 4.98 Å². The average molecular weight is 481 g/mol. The lowest BCUT2D eigenvalue weighted by atomic mass is 10.1. The van der Waals surface area contributed by atoms with Crippen LogP contribution in [0.25, 0.3) is 20.3 Å². The molecule has 0 atom stereocenters. The molecule has 5 rings (SSSR count). The van der Waals surface area contributed by atoms with Gasteiger partial charge in [0.05, 0.1) is 19.9 Å². The second-order valence-electron chi connectivity index (χ2n) is 8.58. The quantitative estimate of drug-likeness (QED) is 0.428. The number of carbonyl (C=O) groups excluding carboxylic acids is 1. The Bertz CT molecular complexity index is 1270. The van der Waals surface area contributed by atoms with E-state index in [1.165, 1.54) is 5.56 Å². The summed E-state index contributed by atoms with van der Waals surface area (Å²) in [5, 5.41) is 7.09. The van der Waals surface area contributed by atoms with Crippen LogP contribution in [0, 0.1) is 6.92 Å². The summed E-state index contributed by atoms with van der Waals surface area (Å²) in [6.07, 6.45) is 0. The summed E-state index contributed by atoms with van der Waals surface area (Å²) in [7, 11) is 2.17. The molecule has 1 aliphatic heterocycles. The Balaban J connectivity index is 1.17. The lowest BCUT2D eigenvalue weighted by Crippen LogP contribution is -2.43. The Kier molecular flexibility index (Phi) is 6.59. The van der Waals surface area contributed by atoms with E-state index in [-0.39, 0.29) is 12.5 Å². The molecule has 1 saturated heterocycles. The van der Waals surface area contributed by atoms with E-state index in [1.54, 1.807) is 22.7 Å². The second-order valence-corrected chi connectivity index (χ2v) is 10.7. The SMILES string of the molecule is Cc1nc2c(cc(OCC(=O)NCc3cccc(CN4CCN(C)CC4)c3)c3ccsc32)s1. The fraction of sp³-hybridized carbons (Fsp3) is 0.360. The molecule has 2 aromatic carbocycles. The monoisotopic (exact) mass is 480 g/mol. The molecule has 3 heterocycles. The molecule has 6 nitrogen and oxygen atoms in total. The van der Waals surface area contributed by atoms with Crippen LogP contribution in [0.2, 0.25) is 0 Å². The number of nitrogens with one attached hydrogen (secondary N) is 1. The van der Waals surface area contributed by atoms with Crippen molar-refractivity contribution >= 4 is 48.9 Å². The molecule has 8 heteroatoms. The number of thiazole rings is 1. The van der Waals surface area contributed by atoms with Crippen LogP contribution in [0.4, 0.5) is 0 Å². The van der Waals surface area contributed by atoms with Gasteiger partial charge in [0.1, 0.15) is 5.75 Å². The number of amides is 1. The van der Waals surface area contributed by atoms with Crippen molar-refractivity contribution in [3.05, 3.63) is 57.9 Å². The van der Waals surface area contributed by atoms with E-state index >= 15 is 0 Å². The third kappa shape index (κ3) is 5.19. The largest absolute Gasteiger partial charge is 0.483 e. The summed E-state index contributed by atoms with van der Waals surface area (Å²) in [5.74, 6) is 0.621. The smallest absolute Gasteiger partial charge is 0.258 e. The van der Waals surface area contributed by atoms with Crippen LogP contribution >= 0.6 is 22.7 Å². The Morgan fingerprint density at radius 1 is 1.15 bits per heavy atom. The van der Waals surface area contributed by atoms with E-state index in [0.29, 0.717) is 6.54 Å².